The lowest BCUT2D eigenvalue weighted by Gasteiger charge is -2.29. The highest BCUT2D eigenvalue weighted by Crippen LogP contribution is 2.18. The van der Waals surface area contributed by atoms with E-state index in [2.05, 4.69) is 36.0 Å². The van der Waals surface area contributed by atoms with Crippen LogP contribution in [0.1, 0.15) is 30.8 Å². The van der Waals surface area contributed by atoms with Crippen LogP contribution < -0.4 is 5.32 Å². The van der Waals surface area contributed by atoms with Crippen LogP contribution in [-0.2, 0) is 6.54 Å². The maximum atomic E-state index is 4.32. The van der Waals surface area contributed by atoms with Gasteiger partial charge in [0.2, 0.25) is 0 Å². The SMILES string of the molecule is Cc1ncsc1CN1CCCNC(C)(C)C1. The van der Waals surface area contributed by atoms with Crippen LogP contribution in [0.15, 0.2) is 5.51 Å². The zero-order valence-corrected chi connectivity index (χ0v) is 11.2. The fourth-order valence-electron chi connectivity index (χ4n) is 2.24. The smallest absolute Gasteiger partial charge is 0.0798 e. The van der Waals surface area contributed by atoms with Gasteiger partial charge in [0.15, 0.2) is 0 Å². The first kappa shape index (κ1) is 12.0. The van der Waals surface area contributed by atoms with Crippen molar-refractivity contribution in [3.63, 3.8) is 0 Å². The van der Waals surface area contributed by atoms with E-state index in [9.17, 15) is 0 Å². The second kappa shape index (κ2) is 4.82. The zero-order valence-electron chi connectivity index (χ0n) is 10.4. The Hall–Kier alpha value is -0.450. The van der Waals surface area contributed by atoms with Crippen molar-refractivity contribution in [2.45, 2.75) is 39.3 Å². The Kier molecular flexibility index (Phi) is 3.62. The number of thiazole rings is 1. The summed E-state index contributed by atoms with van der Waals surface area (Å²) < 4.78 is 0. The largest absolute Gasteiger partial charge is 0.310 e. The fourth-order valence-corrected chi connectivity index (χ4v) is 3.06. The van der Waals surface area contributed by atoms with Crippen molar-refractivity contribution in [3.8, 4) is 0 Å². The summed E-state index contributed by atoms with van der Waals surface area (Å²) in [5, 5.41) is 3.59. The molecular formula is C12H21N3S. The maximum absolute atomic E-state index is 4.32. The van der Waals surface area contributed by atoms with Gasteiger partial charge >= 0.3 is 0 Å². The number of nitrogens with zero attached hydrogens (tertiary/aromatic N) is 2. The van der Waals surface area contributed by atoms with E-state index in [0.717, 1.165) is 19.6 Å². The van der Waals surface area contributed by atoms with Gasteiger partial charge in [0.05, 0.1) is 11.2 Å². The van der Waals surface area contributed by atoms with Crippen LogP contribution in [0.5, 0.6) is 0 Å². The number of hydrogen-bond acceptors (Lipinski definition) is 4. The lowest BCUT2D eigenvalue weighted by molar-refractivity contribution is 0.225. The molecule has 1 aliphatic heterocycles. The molecule has 1 aliphatic rings. The van der Waals surface area contributed by atoms with E-state index < -0.39 is 0 Å². The molecule has 2 rings (SSSR count). The lowest BCUT2D eigenvalue weighted by atomic mass is 10.1. The van der Waals surface area contributed by atoms with Gasteiger partial charge in [-0.3, -0.25) is 4.90 Å². The minimum Gasteiger partial charge on any atom is -0.310 e. The van der Waals surface area contributed by atoms with E-state index in [1.54, 1.807) is 11.3 Å². The van der Waals surface area contributed by atoms with Crippen molar-refractivity contribution in [1.82, 2.24) is 15.2 Å². The normalized spacial score (nSPS) is 21.9. The molecule has 0 atom stereocenters. The topological polar surface area (TPSA) is 28.2 Å². The summed E-state index contributed by atoms with van der Waals surface area (Å²) in [6.07, 6.45) is 1.24. The zero-order chi connectivity index (χ0) is 11.6. The van der Waals surface area contributed by atoms with Gasteiger partial charge in [0, 0.05) is 23.5 Å². The molecule has 1 aromatic rings. The van der Waals surface area contributed by atoms with Gasteiger partial charge in [-0.2, -0.15) is 0 Å². The first-order valence-electron chi connectivity index (χ1n) is 5.93. The number of aryl methyl sites for hydroxylation is 1. The Morgan fingerprint density at radius 2 is 2.38 bits per heavy atom. The molecule has 16 heavy (non-hydrogen) atoms. The van der Waals surface area contributed by atoms with E-state index in [4.69, 9.17) is 0 Å². The standard InChI is InChI=1S/C12H21N3S/c1-10-11(16-9-13-10)7-15-6-4-5-14-12(2,3)8-15/h9,14H,4-8H2,1-3H3. The second-order valence-corrected chi connectivity index (χ2v) is 6.18. The number of rotatable bonds is 2. The van der Waals surface area contributed by atoms with Crippen molar-refractivity contribution in [2.24, 2.45) is 0 Å². The van der Waals surface area contributed by atoms with Gasteiger partial charge in [-0.25, -0.2) is 4.98 Å². The molecule has 0 radical (unpaired) electrons. The van der Waals surface area contributed by atoms with Gasteiger partial charge < -0.3 is 5.32 Å². The molecule has 1 fully saturated rings. The lowest BCUT2D eigenvalue weighted by Crippen LogP contribution is -2.46. The minimum absolute atomic E-state index is 0.231. The maximum Gasteiger partial charge on any atom is 0.0798 e. The quantitative estimate of drug-likeness (QED) is 0.856. The molecule has 90 valence electrons. The van der Waals surface area contributed by atoms with Crippen LogP contribution in [0.25, 0.3) is 0 Å². The van der Waals surface area contributed by atoms with E-state index in [1.807, 2.05) is 5.51 Å². The summed E-state index contributed by atoms with van der Waals surface area (Å²) >= 11 is 1.78. The molecule has 1 N–H and O–H groups in total. The van der Waals surface area contributed by atoms with E-state index in [-0.39, 0.29) is 5.54 Å². The molecule has 0 spiro atoms. The number of nitrogens with one attached hydrogen (secondary N) is 1. The number of hydrogen-bond donors (Lipinski definition) is 1. The molecule has 3 nitrogen and oxygen atoms in total. The van der Waals surface area contributed by atoms with Crippen molar-refractivity contribution >= 4 is 11.3 Å². The van der Waals surface area contributed by atoms with E-state index in [0.29, 0.717) is 0 Å². The van der Waals surface area contributed by atoms with Gasteiger partial charge in [0.1, 0.15) is 0 Å². The molecule has 1 aromatic heterocycles. The van der Waals surface area contributed by atoms with Crippen LogP contribution in [-0.4, -0.2) is 35.1 Å². The van der Waals surface area contributed by atoms with Crippen LogP contribution in [0.4, 0.5) is 0 Å². The highest BCUT2D eigenvalue weighted by molar-refractivity contribution is 7.09. The molecular weight excluding hydrogens is 218 g/mol. The van der Waals surface area contributed by atoms with Crippen molar-refractivity contribution in [3.05, 3.63) is 16.1 Å². The van der Waals surface area contributed by atoms with Crippen LogP contribution >= 0.6 is 11.3 Å². The summed E-state index contributed by atoms with van der Waals surface area (Å²) in [7, 11) is 0. The Morgan fingerprint density at radius 3 is 3.06 bits per heavy atom. The average molecular weight is 239 g/mol. The Morgan fingerprint density at radius 1 is 1.56 bits per heavy atom. The van der Waals surface area contributed by atoms with Gasteiger partial charge in [-0.1, -0.05) is 0 Å². The monoisotopic (exact) mass is 239 g/mol. The highest BCUT2D eigenvalue weighted by atomic mass is 32.1. The van der Waals surface area contributed by atoms with Crippen molar-refractivity contribution < 1.29 is 0 Å². The van der Waals surface area contributed by atoms with E-state index in [1.165, 1.54) is 23.5 Å². The molecule has 2 heterocycles. The summed E-state index contributed by atoms with van der Waals surface area (Å²) in [5.41, 5.74) is 3.38. The third kappa shape index (κ3) is 3.03. The van der Waals surface area contributed by atoms with Gasteiger partial charge in [-0.05, 0) is 40.3 Å². The number of aromatic nitrogens is 1. The van der Waals surface area contributed by atoms with Crippen LogP contribution in [0.3, 0.4) is 0 Å². The first-order chi connectivity index (χ1) is 7.57. The summed E-state index contributed by atoms with van der Waals surface area (Å²) in [6, 6.07) is 0. The summed E-state index contributed by atoms with van der Waals surface area (Å²) in [4.78, 5) is 8.27. The highest BCUT2D eigenvalue weighted by Gasteiger charge is 2.24. The molecule has 0 aromatic carbocycles. The molecule has 0 aliphatic carbocycles. The molecule has 0 saturated carbocycles. The van der Waals surface area contributed by atoms with E-state index >= 15 is 0 Å². The Labute approximate surface area is 102 Å². The Balaban J connectivity index is 2.01. The predicted molar refractivity (Wildman–Crippen MR) is 68.8 cm³/mol. The van der Waals surface area contributed by atoms with Crippen LogP contribution in [0.2, 0.25) is 0 Å². The molecule has 0 bridgehead atoms. The third-order valence-corrected chi connectivity index (χ3v) is 4.01. The summed E-state index contributed by atoms with van der Waals surface area (Å²) in [5.74, 6) is 0. The molecule has 1 saturated heterocycles. The van der Waals surface area contributed by atoms with Crippen molar-refractivity contribution in [2.75, 3.05) is 19.6 Å². The molecule has 4 heteroatoms. The third-order valence-electron chi connectivity index (χ3n) is 3.09. The first-order valence-corrected chi connectivity index (χ1v) is 6.81. The van der Waals surface area contributed by atoms with Gasteiger partial charge in [-0.15, -0.1) is 11.3 Å². The summed E-state index contributed by atoms with van der Waals surface area (Å²) in [6.45, 7) is 11.2. The molecule has 0 amide bonds. The van der Waals surface area contributed by atoms with Crippen molar-refractivity contribution in [1.29, 1.82) is 0 Å². The van der Waals surface area contributed by atoms with Gasteiger partial charge in [0.25, 0.3) is 0 Å². The average Bonchev–Trinajstić information content (AvgIpc) is 2.49. The Bertz CT molecular complexity index is 346. The molecule has 0 unspecified atom stereocenters. The fraction of sp³-hybridized carbons (Fsp3) is 0.750. The predicted octanol–water partition coefficient (Wildman–Crippen LogP) is 2.03. The van der Waals surface area contributed by atoms with Crippen LogP contribution in [0, 0.1) is 6.92 Å². The minimum atomic E-state index is 0.231. The second-order valence-electron chi connectivity index (χ2n) is 5.24.